The molecule has 2 aromatic rings. The number of aryl methyl sites for hydroxylation is 1. The maximum atomic E-state index is 12.8. The van der Waals surface area contributed by atoms with Crippen LogP contribution in [0.2, 0.25) is 5.02 Å². The van der Waals surface area contributed by atoms with Crippen LogP contribution in [0.15, 0.2) is 30.6 Å². The van der Waals surface area contributed by atoms with Crippen LogP contribution < -0.4 is 15.0 Å². The lowest BCUT2D eigenvalue weighted by Gasteiger charge is -2.26. The highest BCUT2D eigenvalue weighted by Gasteiger charge is 2.33. The molecule has 138 valence electrons. The third-order valence-corrected chi connectivity index (χ3v) is 5.41. The van der Waals surface area contributed by atoms with Crippen LogP contribution in [0.5, 0.6) is 5.75 Å². The summed E-state index contributed by atoms with van der Waals surface area (Å²) >= 11 is 6.17. The molecule has 1 N–H and O–H groups in total. The van der Waals surface area contributed by atoms with Gasteiger partial charge in [-0.05, 0) is 43.4 Å². The molecule has 1 aromatic carbocycles. The van der Waals surface area contributed by atoms with Gasteiger partial charge in [0.1, 0.15) is 11.8 Å². The van der Waals surface area contributed by atoms with E-state index in [1.54, 1.807) is 15.8 Å². The van der Waals surface area contributed by atoms with Crippen molar-refractivity contribution in [3.8, 4) is 5.75 Å². The Bertz CT molecular complexity index is 803. The van der Waals surface area contributed by atoms with Crippen LogP contribution in [0, 0.1) is 5.92 Å². The molecule has 1 unspecified atom stereocenters. The predicted octanol–water partition coefficient (Wildman–Crippen LogP) is 3.47. The van der Waals surface area contributed by atoms with E-state index in [0.717, 1.165) is 30.2 Å². The van der Waals surface area contributed by atoms with Crippen molar-refractivity contribution in [1.29, 1.82) is 0 Å². The second kappa shape index (κ2) is 7.19. The number of carbonyl (C=O) groups excluding carboxylic acids is 1. The Balaban J connectivity index is 1.46. The van der Waals surface area contributed by atoms with E-state index < -0.39 is 0 Å². The van der Waals surface area contributed by atoms with Crippen molar-refractivity contribution < 1.29 is 9.53 Å². The Kier molecular flexibility index (Phi) is 4.76. The fraction of sp³-hybridized carbons (Fsp3) is 0.474. The summed E-state index contributed by atoms with van der Waals surface area (Å²) in [4.78, 5) is 14.6. The Morgan fingerprint density at radius 1 is 1.35 bits per heavy atom. The predicted molar refractivity (Wildman–Crippen MR) is 102 cm³/mol. The minimum Gasteiger partial charge on any atom is -0.491 e. The number of halogens is 1. The zero-order valence-corrected chi connectivity index (χ0v) is 15.6. The highest BCUT2D eigenvalue weighted by atomic mass is 35.5. The lowest BCUT2D eigenvalue weighted by molar-refractivity contribution is -0.117. The highest BCUT2D eigenvalue weighted by molar-refractivity contribution is 6.31. The quantitative estimate of drug-likeness (QED) is 0.841. The molecule has 0 spiro atoms. The largest absolute Gasteiger partial charge is 0.491 e. The first-order chi connectivity index (χ1) is 12.6. The average Bonchev–Trinajstić information content (AvgIpc) is 3.14. The topological polar surface area (TPSA) is 59.4 Å². The van der Waals surface area contributed by atoms with Gasteiger partial charge in [0, 0.05) is 24.8 Å². The number of ether oxygens (including phenoxy) is 1. The second-order valence-electron chi connectivity index (χ2n) is 7.10. The Morgan fingerprint density at radius 3 is 2.88 bits per heavy atom. The smallest absolute Gasteiger partial charge is 0.249 e. The van der Waals surface area contributed by atoms with Crippen molar-refractivity contribution in [2.45, 2.75) is 31.7 Å². The summed E-state index contributed by atoms with van der Waals surface area (Å²) in [6.45, 7) is 1.39. The van der Waals surface area contributed by atoms with E-state index in [1.807, 2.05) is 31.4 Å². The Hall–Kier alpha value is -2.21. The molecule has 0 radical (unpaired) electrons. The van der Waals surface area contributed by atoms with Crippen molar-refractivity contribution in [1.82, 2.24) is 9.78 Å². The number of nitrogens with zero attached hydrogens (tertiary/aromatic N) is 3. The van der Waals surface area contributed by atoms with Gasteiger partial charge in [0.2, 0.25) is 5.91 Å². The molecule has 1 saturated carbocycles. The molecule has 1 aliphatic heterocycles. The number of hydrogen-bond acceptors (Lipinski definition) is 4. The van der Waals surface area contributed by atoms with E-state index in [4.69, 9.17) is 16.3 Å². The van der Waals surface area contributed by atoms with Crippen LogP contribution in [-0.2, 0) is 11.8 Å². The number of carbonyl (C=O) groups is 1. The lowest BCUT2D eigenvalue weighted by atomic mass is 9.86. The first-order valence-electron chi connectivity index (χ1n) is 9.09. The third kappa shape index (κ3) is 3.51. The third-order valence-electron chi connectivity index (χ3n) is 5.18. The minimum absolute atomic E-state index is 0.0444. The van der Waals surface area contributed by atoms with Crippen LogP contribution in [0.25, 0.3) is 0 Å². The fourth-order valence-electron chi connectivity index (χ4n) is 3.41. The number of benzene rings is 1. The molecular weight excluding hydrogens is 352 g/mol. The summed E-state index contributed by atoms with van der Waals surface area (Å²) in [6.07, 6.45) is 8.05. The van der Waals surface area contributed by atoms with Crippen LogP contribution >= 0.6 is 11.6 Å². The van der Waals surface area contributed by atoms with Crippen molar-refractivity contribution >= 4 is 28.9 Å². The van der Waals surface area contributed by atoms with Crippen LogP contribution in [0.3, 0.4) is 0 Å². The first kappa shape index (κ1) is 17.2. The zero-order valence-electron chi connectivity index (χ0n) is 14.8. The molecule has 1 aromatic heterocycles. The maximum Gasteiger partial charge on any atom is 0.249 e. The van der Waals surface area contributed by atoms with E-state index >= 15 is 0 Å². The Labute approximate surface area is 158 Å². The summed E-state index contributed by atoms with van der Waals surface area (Å²) in [5.74, 6) is 1.45. The van der Waals surface area contributed by atoms with Crippen molar-refractivity contribution in [3.63, 3.8) is 0 Å². The van der Waals surface area contributed by atoms with Gasteiger partial charge >= 0.3 is 0 Å². The lowest BCUT2D eigenvalue weighted by Crippen LogP contribution is -2.33. The molecule has 2 fully saturated rings. The number of anilines is 2. The fourth-order valence-corrected chi connectivity index (χ4v) is 3.59. The number of aromatic nitrogens is 2. The number of nitrogens with one attached hydrogen (secondary N) is 1. The molecule has 2 heterocycles. The molecule has 6 nitrogen and oxygen atoms in total. The van der Waals surface area contributed by atoms with Crippen molar-refractivity contribution in [2.24, 2.45) is 13.0 Å². The van der Waals surface area contributed by atoms with Crippen LogP contribution in [-0.4, -0.2) is 34.9 Å². The minimum atomic E-state index is -0.292. The molecule has 26 heavy (non-hydrogen) atoms. The average molecular weight is 375 g/mol. The maximum absolute atomic E-state index is 12.8. The molecule has 0 bridgehead atoms. The highest BCUT2D eigenvalue weighted by Crippen LogP contribution is 2.33. The van der Waals surface area contributed by atoms with E-state index in [9.17, 15) is 4.79 Å². The van der Waals surface area contributed by atoms with E-state index in [2.05, 4.69) is 10.4 Å². The summed E-state index contributed by atoms with van der Waals surface area (Å²) in [5.41, 5.74) is 1.61. The van der Waals surface area contributed by atoms with E-state index in [1.165, 1.54) is 19.3 Å². The summed E-state index contributed by atoms with van der Waals surface area (Å²) in [6, 6.07) is 5.24. The second-order valence-corrected chi connectivity index (χ2v) is 7.53. The van der Waals surface area contributed by atoms with Crippen LogP contribution in [0.1, 0.15) is 25.7 Å². The van der Waals surface area contributed by atoms with Gasteiger partial charge in [-0.15, -0.1) is 0 Å². The number of hydrogen-bond donors (Lipinski definition) is 1. The SMILES string of the molecule is Cn1cc(N2CCC(Nc3cc(Cl)ccc3OCC3CCC3)C2=O)cn1. The van der Waals surface area contributed by atoms with Gasteiger partial charge < -0.3 is 15.0 Å². The van der Waals surface area contributed by atoms with Crippen molar-refractivity contribution in [2.75, 3.05) is 23.4 Å². The standard InChI is InChI=1S/C19H23ClN4O2/c1-23-11-15(10-21-23)24-8-7-16(19(24)25)22-17-9-14(20)5-6-18(17)26-12-13-3-2-4-13/h5-6,9-11,13,16,22H,2-4,7-8,12H2,1H3. The number of rotatable bonds is 6. The zero-order chi connectivity index (χ0) is 18.1. The van der Waals surface area contributed by atoms with Gasteiger partial charge in [-0.3, -0.25) is 9.48 Å². The molecule has 1 atom stereocenters. The van der Waals surface area contributed by atoms with Crippen molar-refractivity contribution in [3.05, 3.63) is 35.6 Å². The van der Waals surface area contributed by atoms with Crippen LogP contribution in [0.4, 0.5) is 11.4 Å². The molecule has 1 aliphatic carbocycles. The van der Waals surface area contributed by atoms with Gasteiger partial charge in [0.25, 0.3) is 0 Å². The normalized spacial score (nSPS) is 20.3. The molecule has 7 heteroatoms. The van der Waals surface area contributed by atoms with Gasteiger partial charge in [-0.2, -0.15) is 5.10 Å². The monoisotopic (exact) mass is 374 g/mol. The van der Waals surface area contributed by atoms with E-state index in [0.29, 0.717) is 17.5 Å². The Morgan fingerprint density at radius 2 is 2.19 bits per heavy atom. The summed E-state index contributed by atoms with van der Waals surface area (Å²) in [5, 5.41) is 8.11. The van der Waals surface area contributed by atoms with Gasteiger partial charge in [0.15, 0.2) is 0 Å². The molecular formula is C19H23ClN4O2. The van der Waals surface area contributed by atoms with Gasteiger partial charge in [-0.25, -0.2) is 0 Å². The molecule has 2 aliphatic rings. The summed E-state index contributed by atoms with van der Waals surface area (Å²) < 4.78 is 7.70. The van der Waals surface area contributed by atoms with E-state index in [-0.39, 0.29) is 11.9 Å². The molecule has 4 rings (SSSR count). The molecule has 1 saturated heterocycles. The number of amides is 1. The van der Waals surface area contributed by atoms with Gasteiger partial charge in [-0.1, -0.05) is 18.0 Å². The van der Waals surface area contributed by atoms with Gasteiger partial charge in [0.05, 0.1) is 24.2 Å². The summed E-state index contributed by atoms with van der Waals surface area (Å²) in [7, 11) is 1.84. The molecule has 1 amide bonds. The first-order valence-corrected chi connectivity index (χ1v) is 9.47.